The molecule has 0 saturated carbocycles. The summed E-state index contributed by atoms with van der Waals surface area (Å²) in [4.78, 5) is 23.8. The van der Waals surface area contributed by atoms with Crippen molar-refractivity contribution in [2.24, 2.45) is 0 Å². The summed E-state index contributed by atoms with van der Waals surface area (Å²) < 4.78 is 17.0. The van der Waals surface area contributed by atoms with Gasteiger partial charge in [0.2, 0.25) is 0 Å². The second kappa shape index (κ2) is 7.85. The van der Waals surface area contributed by atoms with E-state index in [2.05, 4.69) is 6.58 Å². The maximum absolute atomic E-state index is 12.2. The van der Waals surface area contributed by atoms with Crippen LogP contribution < -0.4 is 10.4 Å². The summed E-state index contributed by atoms with van der Waals surface area (Å²) in [5.41, 5.74) is 2.44. The van der Waals surface area contributed by atoms with Gasteiger partial charge in [0.25, 0.3) is 0 Å². The van der Waals surface area contributed by atoms with Gasteiger partial charge in [0.15, 0.2) is 5.60 Å². The van der Waals surface area contributed by atoms with Crippen LogP contribution in [0.4, 0.5) is 0 Å². The summed E-state index contributed by atoms with van der Waals surface area (Å²) >= 11 is 0. The maximum Gasteiger partial charge on any atom is 0.336 e. The van der Waals surface area contributed by atoms with Gasteiger partial charge in [-0.05, 0) is 34.9 Å². The number of cyclic esters (lactones) is 1. The quantitative estimate of drug-likeness (QED) is 0.249. The largest absolute Gasteiger partial charge is 0.489 e. The average molecular weight is 424 g/mol. The summed E-state index contributed by atoms with van der Waals surface area (Å²) in [6.45, 7) is 3.95. The summed E-state index contributed by atoms with van der Waals surface area (Å²) in [5.74, 6) is 0.0888. The Labute approximate surface area is 184 Å². The van der Waals surface area contributed by atoms with Crippen LogP contribution in [0.2, 0.25) is 0 Å². The molecule has 0 amide bonds. The minimum absolute atomic E-state index is 0.102. The number of fused-ring (bicyclic) bond motifs is 1. The smallest absolute Gasteiger partial charge is 0.336 e. The van der Waals surface area contributed by atoms with Crippen molar-refractivity contribution in [1.82, 2.24) is 0 Å². The van der Waals surface area contributed by atoms with E-state index in [1.54, 1.807) is 18.2 Å². The number of hydrogen-bond donors (Lipinski definition) is 0. The molecule has 0 aliphatic carbocycles. The monoisotopic (exact) mass is 424 g/mol. The van der Waals surface area contributed by atoms with E-state index in [0.29, 0.717) is 23.3 Å². The highest BCUT2D eigenvalue weighted by molar-refractivity contribution is 5.90. The van der Waals surface area contributed by atoms with Crippen molar-refractivity contribution in [3.05, 3.63) is 113 Å². The van der Waals surface area contributed by atoms with Crippen LogP contribution >= 0.6 is 0 Å². The number of carbonyl (C=O) groups is 1. The lowest BCUT2D eigenvalue weighted by Gasteiger charge is -2.28. The zero-order chi connectivity index (χ0) is 22.1. The number of ether oxygens (including phenoxy) is 2. The fraction of sp³-hybridized carbons (Fsp3) is 0.111. The Morgan fingerprint density at radius 2 is 1.59 bits per heavy atom. The number of benzene rings is 3. The fourth-order valence-electron chi connectivity index (χ4n) is 3.96. The normalized spacial score (nSPS) is 18.0. The van der Waals surface area contributed by atoms with Gasteiger partial charge in [0.05, 0.1) is 0 Å². The summed E-state index contributed by atoms with van der Waals surface area (Å²) in [6, 6.07) is 26.3. The first-order valence-electron chi connectivity index (χ1n) is 10.3. The molecule has 0 bridgehead atoms. The summed E-state index contributed by atoms with van der Waals surface area (Å²) in [5, 5.41) is 0.795. The second-order valence-electron chi connectivity index (χ2n) is 7.85. The van der Waals surface area contributed by atoms with Crippen molar-refractivity contribution in [2.45, 2.75) is 12.0 Å². The van der Waals surface area contributed by atoms with Gasteiger partial charge < -0.3 is 13.9 Å². The third-order valence-electron chi connectivity index (χ3n) is 5.66. The minimum atomic E-state index is -0.976. The average Bonchev–Trinajstić information content (AvgIpc) is 3.12. The number of carbonyl (C=O) groups excluding carboxylic acids is 1. The molecule has 5 heteroatoms. The third kappa shape index (κ3) is 3.69. The zero-order valence-corrected chi connectivity index (χ0v) is 17.2. The van der Waals surface area contributed by atoms with E-state index < -0.39 is 17.2 Å². The first-order chi connectivity index (χ1) is 15.5. The van der Waals surface area contributed by atoms with Gasteiger partial charge in [-0.1, -0.05) is 61.2 Å². The first kappa shape index (κ1) is 19.8. The van der Waals surface area contributed by atoms with E-state index in [1.807, 2.05) is 60.7 Å². The Morgan fingerprint density at radius 3 is 2.31 bits per heavy atom. The van der Waals surface area contributed by atoms with Crippen molar-refractivity contribution >= 4 is 16.9 Å². The molecule has 2 heterocycles. The highest BCUT2D eigenvalue weighted by Gasteiger charge is 2.45. The lowest BCUT2D eigenvalue weighted by atomic mass is 9.89. The van der Waals surface area contributed by atoms with Crippen LogP contribution in [0.3, 0.4) is 0 Å². The SMILES string of the molecule is C=C1CC(COc2ccc3ccc(=O)oc3c2)(c2ccc(-c3ccccc3)cc2)OC1=O. The fourth-order valence-corrected chi connectivity index (χ4v) is 3.96. The lowest BCUT2D eigenvalue weighted by molar-refractivity contribution is -0.150. The molecule has 0 spiro atoms. The van der Waals surface area contributed by atoms with Gasteiger partial charge in [-0.3, -0.25) is 0 Å². The van der Waals surface area contributed by atoms with Gasteiger partial charge in [-0.15, -0.1) is 0 Å². The second-order valence-corrected chi connectivity index (χ2v) is 7.85. The van der Waals surface area contributed by atoms with Gasteiger partial charge in [-0.25, -0.2) is 9.59 Å². The van der Waals surface area contributed by atoms with E-state index >= 15 is 0 Å². The molecule has 1 saturated heterocycles. The van der Waals surface area contributed by atoms with E-state index in [1.165, 1.54) is 6.07 Å². The summed E-state index contributed by atoms with van der Waals surface area (Å²) in [7, 11) is 0. The summed E-state index contributed by atoms with van der Waals surface area (Å²) in [6.07, 6.45) is 0.333. The third-order valence-corrected chi connectivity index (χ3v) is 5.66. The van der Waals surface area contributed by atoms with Crippen molar-refractivity contribution in [3.8, 4) is 16.9 Å². The zero-order valence-electron chi connectivity index (χ0n) is 17.2. The molecule has 1 aliphatic heterocycles. The Balaban J connectivity index is 1.44. The topological polar surface area (TPSA) is 65.7 Å². The number of esters is 1. The standard InChI is InChI=1S/C27H20O5/c1-18-16-27(32-26(18)29,22-11-7-20(8-12-22)19-5-3-2-4-6-19)17-30-23-13-9-21-10-14-25(28)31-24(21)15-23/h2-15H,1,16-17H2. The van der Waals surface area contributed by atoms with E-state index in [0.717, 1.165) is 22.1 Å². The molecule has 4 aromatic rings. The molecule has 0 radical (unpaired) electrons. The maximum atomic E-state index is 12.2. The molecule has 1 aromatic heterocycles. The molecular weight excluding hydrogens is 404 g/mol. The van der Waals surface area contributed by atoms with Crippen LogP contribution in [-0.4, -0.2) is 12.6 Å². The van der Waals surface area contributed by atoms with Gasteiger partial charge >= 0.3 is 11.6 Å². The number of hydrogen-bond acceptors (Lipinski definition) is 5. The predicted octanol–water partition coefficient (Wildman–Crippen LogP) is 5.24. The molecule has 5 nitrogen and oxygen atoms in total. The van der Waals surface area contributed by atoms with E-state index in [-0.39, 0.29) is 6.61 Å². The van der Waals surface area contributed by atoms with Crippen LogP contribution in [0.15, 0.2) is 106 Å². The van der Waals surface area contributed by atoms with Crippen LogP contribution in [0.25, 0.3) is 22.1 Å². The Kier molecular flexibility index (Phi) is 4.86. The van der Waals surface area contributed by atoms with Gasteiger partial charge in [0.1, 0.15) is 17.9 Å². The molecule has 1 unspecified atom stereocenters. The van der Waals surface area contributed by atoms with E-state index in [4.69, 9.17) is 13.9 Å². The molecule has 1 aliphatic rings. The Hall–Kier alpha value is -4.12. The van der Waals surface area contributed by atoms with Crippen molar-refractivity contribution in [3.63, 3.8) is 0 Å². The van der Waals surface area contributed by atoms with Crippen LogP contribution in [-0.2, 0) is 15.1 Å². The van der Waals surface area contributed by atoms with Crippen molar-refractivity contribution in [1.29, 1.82) is 0 Å². The molecule has 1 atom stereocenters. The molecule has 3 aromatic carbocycles. The highest BCUT2D eigenvalue weighted by Crippen LogP contribution is 2.40. The van der Waals surface area contributed by atoms with Gasteiger partial charge in [-0.2, -0.15) is 0 Å². The lowest BCUT2D eigenvalue weighted by Crippen LogP contribution is -2.33. The van der Waals surface area contributed by atoms with Crippen LogP contribution in [0.1, 0.15) is 12.0 Å². The van der Waals surface area contributed by atoms with Crippen molar-refractivity contribution in [2.75, 3.05) is 6.61 Å². The highest BCUT2D eigenvalue weighted by atomic mass is 16.6. The van der Waals surface area contributed by atoms with Crippen molar-refractivity contribution < 1.29 is 18.7 Å². The molecule has 0 N–H and O–H groups in total. The van der Waals surface area contributed by atoms with Gasteiger partial charge in [0, 0.05) is 29.5 Å². The predicted molar refractivity (Wildman–Crippen MR) is 121 cm³/mol. The minimum Gasteiger partial charge on any atom is -0.489 e. The molecular formula is C27H20O5. The van der Waals surface area contributed by atoms with Crippen LogP contribution in [0, 0.1) is 0 Å². The van der Waals surface area contributed by atoms with Crippen LogP contribution in [0.5, 0.6) is 5.75 Å². The molecule has 158 valence electrons. The molecule has 1 fully saturated rings. The van der Waals surface area contributed by atoms with E-state index in [9.17, 15) is 9.59 Å². The number of rotatable bonds is 5. The Bertz CT molecular complexity index is 1350. The molecule has 5 rings (SSSR count). The molecule has 32 heavy (non-hydrogen) atoms. The first-order valence-corrected chi connectivity index (χ1v) is 10.3. The Morgan fingerprint density at radius 1 is 0.875 bits per heavy atom.